The van der Waals surface area contributed by atoms with Crippen molar-refractivity contribution in [2.75, 3.05) is 32.7 Å². The Morgan fingerprint density at radius 1 is 0.811 bits per heavy atom. The number of hydrogen-bond donors (Lipinski definition) is 0. The molecule has 3 fully saturated rings. The number of rotatable bonds is 8. The third-order valence-electron chi connectivity index (χ3n) is 9.23. The fourth-order valence-corrected chi connectivity index (χ4v) is 6.43. The normalized spacial score (nSPS) is 21.0. The molecule has 0 atom stereocenters. The van der Waals surface area contributed by atoms with Crippen molar-refractivity contribution in [3.8, 4) is 11.1 Å². The van der Waals surface area contributed by atoms with E-state index < -0.39 is 11.6 Å². The van der Waals surface area contributed by atoms with Crippen LogP contribution in [0.1, 0.15) is 68.9 Å². The lowest BCUT2D eigenvalue weighted by Crippen LogP contribution is -2.53. The van der Waals surface area contributed by atoms with Crippen LogP contribution in [0.2, 0.25) is 0 Å². The third kappa shape index (κ3) is 6.08. The molecule has 0 spiro atoms. The first kappa shape index (κ1) is 26.3. The molecule has 3 aliphatic rings. The van der Waals surface area contributed by atoms with Crippen molar-refractivity contribution in [1.82, 2.24) is 9.80 Å². The van der Waals surface area contributed by atoms with Gasteiger partial charge in [0.05, 0.1) is 5.41 Å². The largest absolute Gasteiger partial charge is 0.395 e. The van der Waals surface area contributed by atoms with Crippen LogP contribution in [0.5, 0.6) is 0 Å². The van der Waals surface area contributed by atoms with Crippen molar-refractivity contribution < 1.29 is 13.2 Å². The molecular formula is C32H41F3N2. The van der Waals surface area contributed by atoms with E-state index in [4.69, 9.17) is 0 Å². The highest BCUT2D eigenvalue weighted by atomic mass is 19.4. The summed E-state index contributed by atoms with van der Waals surface area (Å²) in [4.78, 5) is 4.48. The van der Waals surface area contributed by atoms with Gasteiger partial charge in [0.15, 0.2) is 0 Å². The predicted octanol–water partition coefficient (Wildman–Crippen LogP) is 8.19. The van der Waals surface area contributed by atoms with Crippen molar-refractivity contribution in [3.05, 3.63) is 66.2 Å². The highest BCUT2D eigenvalue weighted by Crippen LogP contribution is 2.53. The van der Waals surface area contributed by atoms with Crippen molar-refractivity contribution in [3.63, 3.8) is 0 Å². The van der Waals surface area contributed by atoms with Gasteiger partial charge in [-0.3, -0.25) is 0 Å². The zero-order chi connectivity index (χ0) is 25.9. The van der Waals surface area contributed by atoms with Gasteiger partial charge in [-0.25, -0.2) is 0 Å². The number of halogens is 3. The molecule has 2 aromatic carbocycles. The van der Waals surface area contributed by atoms with Crippen molar-refractivity contribution in [1.29, 1.82) is 0 Å². The molecule has 0 unspecified atom stereocenters. The summed E-state index contributed by atoms with van der Waals surface area (Å²) in [7, 11) is 0. The van der Waals surface area contributed by atoms with E-state index in [1.54, 1.807) is 0 Å². The van der Waals surface area contributed by atoms with E-state index in [0.29, 0.717) is 25.2 Å². The van der Waals surface area contributed by atoms with E-state index >= 15 is 0 Å². The van der Waals surface area contributed by atoms with Gasteiger partial charge in [-0.1, -0.05) is 61.5 Å². The minimum Gasteiger partial charge on any atom is -0.372 e. The first-order valence-electron chi connectivity index (χ1n) is 14.3. The molecule has 2 aromatic rings. The Balaban J connectivity index is 1.08. The molecule has 2 aliphatic heterocycles. The molecule has 5 heteroatoms. The van der Waals surface area contributed by atoms with Gasteiger partial charge in [-0.05, 0) is 99.0 Å². The van der Waals surface area contributed by atoms with Crippen LogP contribution >= 0.6 is 0 Å². The monoisotopic (exact) mass is 510 g/mol. The minimum absolute atomic E-state index is 0.206. The molecule has 1 aliphatic carbocycles. The first-order chi connectivity index (χ1) is 17.8. The second-order valence-electron chi connectivity index (χ2n) is 11.7. The van der Waals surface area contributed by atoms with Crippen molar-refractivity contribution in [2.45, 2.75) is 70.4 Å². The smallest absolute Gasteiger partial charge is 0.372 e. The van der Waals surface area contributed by atoms with Gasteiger partial charge < -0.3 is 9.80 Å². The summed E-state index contributed by atoms with van der Waals surface area (Å²) in [5.74, 6) is 0.611. The zero-order valence-corrected chi connectivity index (χ0v) is 22.0. The van der Waals surface area contributed by atoms with Gasteiger partial charge in [0.1, 0.15) is 0 Å². The quantitative estimate of drug-likeness (QED) is 0.353. The Labute approximate surface area is 220 Å². The second kappa shape index (κ2) is 11.2. The summed E-state index contributed by atoms with van der Waals surface area (Å²) < 4.78 is 40.6. The van der Waals surface area contributed by atoms with Gasteiger partial charge in [0.25, 0.3) is 0 Å². The van der Waals surface area contributed by atoms with Crippen LogP contribution in [-0.2, 0) is 6.42 Å². The molecule has 0 aromatic heterocycles. The number of piperidine rings is 2. The Morgan fingerprint density at radius 3 is 1.95 bits per heavy atom. The molecule has 0 bridgehead atoms. The van der Waals surface area contributed by atoms with Crippen LogP contribution in [0.25, 0.3) is 16.8 Å². The van der Waals surface area contributed by atoms with E-state index in [0.717, 1.165) is 57.6 Å². The summed E-state index contributed by atoms with van der Waals surface area (Å²) in [5, 5.41) is 0. The van der Waals surface area contributed by atoms with Crippen LogP contribution in [0.4, 0.5) is 13.2 Å². The Bertz CT molecular complexity index is 1020. The topological polar surface area (TPSA) is 6.48 Å². The summed E-state index contributed by atoms with van der Waals surface area (Å²) in [5.41, 5.74) is 4.69. The SMILES string of the molecule is C=C(c1ccc(-c2ccc(CCC3CCN(CC4(C(F)(F)F)CCC4)CC3)cc2)cc1)N1CCCCC1. The van der Waals surface area contributed by atoms with Crippen LogP contribution < -0.4 is 0 Å². The summed E-state index contributed by atoms with van der Waals surface area (Å²) >= 11 is 0. The van der Waals surface area contributed by atoms with E-state index in [9.17, 15) is 13.2 Å². The van der Waals surface area contributed by atoms with Gasteiger partial charge in [0.2, 0.25) is 0 Å². The summed E-state index contributed by atoms with van der Waals surface area (Å²) in [6.07, 6.45) is 5.29. The van der Waals surface area contributed by atoms with E-state index in [2.05, 4.69) is 64.9 Å². The van der Waals surface area contributed by atoms with E-state index in [1.807, 2.05) is 0 Å². The van der Waals surface area contributed by atoms with Gasteiger partial charge >= 0.3 is 6.18 Å². The molecule has 37 heavy (non-hydrogen) atoms. The molecule has 2 saturated heterocycles. The number of hydrogen-bond acceptors (Lipinski definition) is 2. The lowest BCUT2D eigenvalue weighted by atomic mass is 9.67. The summed E-state index contributed by atoms with van der Waals surface area (Å²) in [6.45, 7) is 8.38. The lowest BCUT2D eigenvalue weighted by Gasteiger charge is -2.47. The Hall–Kier alpha value is -2.27. The van der Waals surface area contributed by atoms with Crippen molar-refractivity contribution in [2.24, 2.45) is 11.3 Å². The third-order valence-corrected chi connectivity index (χ3v) is 9.23. The minimum atomic E-state index is -4.06. The molecule has 2 heterocycles. The van der Waals surface area contributed by atoms with Gasteiger partial charge in [-0.2, -0.15) is 13.2 Å². The molecule has 0 radical (unpaired) electrons. The maximum atomic E-state index is 13.5. The van der Waals surface area contributed by atoms with Gasteiger partial charge in [0, 0.05) is 25.3 Å². The van der Waals surface area contributed by atoms with Crippen LogP contribution in [0, 0.1) is 11.3 Å². The predicted molar refractivity (Wildman–Crippen MR) is 146 cm³/mol. The average molecular weight is 511 g/mol. The van der Waals surface area contributed by atoms with Gasteiger partial charge in [-0.15, -0.1) is 0 Å². The molecule has 200 valence electrons. The highest BCUT2D eigenvalue weighted by Gasteiger charge is 2.58. The van der Waals surface area contributed by atoms with E-state index in [1.165, 1.54) is 41.5 Å². The first-order valence-corrected chi connectivity index (χ1v) is 14.3. The number of benzene rings is 2. The maximum absolute atomic E-state index is 13.5. The van der Waals surface area contributed by atoms with E-state index in [-0.39, 0.29) is 6.54 Å². The lowest BCUT2D eigenvalue weighted by molar-refractivity contribution is -0.256. The molecule has 1 saturated carbocycles. The van der Waals surface area contributed by atoms with Crippen LogP contribution in [-0.4, -0.2) is 48.7 Å². The number of nitrogens with zero attached hydrogens (tertiary/aromatic N) is 2. The molecule has 0 N–H and O–H groups in total. The highest BCUT2D eigenvalue weighted by molar-refractivity contribution is 5.69. The van der Waals surface area contributed by atoms with Crippen LogP contribution in [0.15, 0.2) is 55.1 Å². The molecule has 5 rings (SSSR count). The molecular weight excluding hydrogens is 469 g/mol. The second-order valence-corrected chi connectivity index (χ2v) is 11.7. The number of alkyl halides is 3. The number of aryl methyl sites for hydroxylation is 1. The Kier molecular flexibility index (Phi) is 7.99. The zero-order valence-electron chi connectivity index (χ0n) is 22.0. The standard InChI is InChI=1S/C32H41F3N2/c1-25(37-20-3-2-4-21-37)28-12-14-30(15-13-28)29-10-8-26(9-11-29)6-7-27-16-22-36(23-17-27)24-31(18-5-19-31)32(33,34)35/h8-15,27H,1-7,16-24H2. The fraction of sp³-hybridized carbons (Fsp3) is 0.562. The number of likely N-dealkylation sites (tertiary alicyclic amines) is 2. The molecule has 0 amide bonds. The maximum Gasteiger partial charge on any atom is 0.395 e. The molecule has 2 nitrogen and oxygen atoms in total. The Morgan fingerprint density at radius 2 is 1.41 bits per heavy atom. The average Bonchev–Trinajstić information content (AvgIpc) is 2.90. The van der Waals surface area contributed by atoms with Crippen molar-refractivity contribution >= 4 is 5.70 Å². The fourth-order valence-electron chi connectivity index (χ4n) is 6.43. The summed E-state index contributed by atoms with van der Waals surface area (Å²) in [6, 6.07) is 17.6. The van der Waals surface area contributed by atoms with Crippen LogP contribution in [0.3, 0.4) is 0 Å².